The molecule has 1 fully saturated rings. The molecule has 1 rings (SSSR count). The number of alkyl halides is 3. The van der Waals surface area contributed by atoms with E-state index in [-0.39, 0.29) is 0 Å². The van der Waals surface area contributed by atoms with Crippen molar-refractivity contribution < 1.29 is 42.8 Å². The maximum Gasteiger partial charge on any atom is 0.303 e. The van der Waals surface area contributed by atoms with Crippen molar-refractivity contribution >= 4 is 58.6 Å². The van der Waals surface area contributed by atoms with Gasteiger partial charge in [-0.3, -0.25) is 19.8 Å². The molecule has 0 bridgehead atoms. The minimum absolute atomic E-state index is 0.475. The summed E-state index contributed by atoms with van der Waals surface area (Å²) in [6.45, 7) is 6.57. The van der Waals surface area contributed by atoms with Gasteiger partial charge in [0, 0.05) is 27.9 Å². The highest BCUT2D eigenvalue weighted by Crippen LogP contribution is 2.38. The average molecular weight is 491 g/mol. The summed E-state index contributed by atoms with van der Waals surface area (Å²) in [7, 11) is 1.25. The Bertz CT molecular complexity index is 696. The Morgan fingerprint density at radius 1 is 1.07 bits per heavy atom. The minimum atomic E-state index is -2.26. The van der Waals surface area contributed by atoms with E-state index >= 15 is 0 Å². The molecule has 1 heterocycles. The van der Waals surface area contributed by atoms with E-state index in [9.17, 15) is 14.4 Å². The van der Waals surface area contributed by atoms with Crippen LogP contribution in [0.25, 0.3) is 0 Å². The van der Waals surface area contributed by atoms with Gasteiger partial charge in [-0.15, -0.1) is 0 Å². The fraction of sp³-hybridized carbons (Fsp3) is 0.647. The Hall–Kier alpha value is -1.59. The molecule has 30 heavy (non-hydrogen) atoms. The first-order valence-corrected chi connectivity index (χ1v) is 9.55. The first-order chi connectivity index (χ1) is 13.8. The number of rotatable bonds is 7. The van der Waals surface area contributed by atoms with Crippen molar-refractivity contribution in [2.45, 2.75) is 54.8 Å². The number of hydrogen-bond acceptors (Lipinski definition) is 10. The molecule has 1 N–H and O–H groups in total. The number of hydrogen-bond donors (Lipinski definition) is 1. The van der Waals surface area contributed by atoms with Crippen LogP contribution >= 0.6 is 34.8 Å². The van der Waals surface area contributed by atoms with Crippen LogP contribution in [0.1, 0.15) is 20.8 Å². The Labute approximate surface area is 188 Å². The van der Waals surface area contributed by atoms with Crippen LogP contribution in [-0.2, 0) is 42.8 Å². The summed E-state index contributed by atoms with van der Waals surface area (Å²) in [5, 5.41) is 7.82. The van der Waals surface area contributed by atoms with E-state index in [2.05, 4.69) is 6.58 Å². The molecule has 1 saturated heterocycles. The van der Waals surface area contributed by atoms with Gasteiger partial charge in [0.15, 0.2) is 17.8 Å². The second kappa shape index (κ2) is 10.6. The molecule has 0 saturated carbocycles. The molecule has 1 aliphatic rings. The standard InChI is InChI=1S/C17H22Cl3NO9/c1-6-16(7-26-8(2)22)13(28-10(4)24)11(25-5)12(27-9(3)23)14(30-16)29-15(21)17(18,19)20/h6,11-14,21H,1,7H2,2-5H3/t11-,12?,13+,14?,16?/m1/s1. The van der Waals surface area contributed by atoms with Crippen LogP contribution in [0.5, 0.6) is 0 Å². The number of nitrogens with one attached hydrogen (secondary N) is 1. The lowest BCUT2D eigenvalue weighted by Gasteiger charge is -2.49. The maximum atomic E-state index is 11.7. The highest BCUT2D eigenvalue weighted by molar-refractivity contribution is 6.76. The predicted octanol–water partition coefficient (Wildman–Crippen LogP) is 2.07. The first-order valence-electron chi connectivity index (χ1n) is 8.41. The van der Waals surface area contributed by atoms with Crippen molar-refractivity contribution in [1.82, 2.24) is 0 Å². The summed E-state index contributed by atoms with van der Waals surface area (Å²) in [5.41, 5.74) is -1.72. The highest BCUT2D eigenvalue weighted by atomic mass is 35.6. The Kier molecular flexibility index (Phi) is 9.37. The van der Waals surface area contributed by atoms with Crippen molar-refractivity contribution in [3.63, 3.8) is 0 Å². The van der Waals surface area contributed by atoms with Gasteiger partial charge in [0.05, 0.1) is 0 Å². The second-order valence-electron chi connectivity index (χ2n) is 6.17. The second-order valence-corrected chi connectivity index (χ2v) is 8.46. The van der Waals surface area contributed by atoms with Crippen molar-refractivity contribution in [2.24, 2.45) is 0 Å². The van der Waals surface area contributed by atoms with Crippen LogP contribution in [0.2, 0.25) is 0 Å². The van der Waals surface area contributed by atoms with E-state index in [4.69, 9.17) is 68.6 Å². The van der Waals surface area contributed by atoms with Crippen LogP contribution in [-0.4, -0.2) is 71.5 Å². The molecular formula is C17H22Cl3NO9. The van der Waals surface area contributed by atoms with Crippen LogP contribution in [0.3, 0.4) is 0 Å². The van der Waals surface area contributed by atoms with Gasteiger partial charge in [-0.2, -0.15) is 0 Å². The molecule has 3 unspecified atom stereocenters. The van der Waals surface area contributed by atoms with Gasteiger partial charge in [0.25, 0.3) is 3.79 Å². The maximum absolute atomic E-state index is 11.7. The van der Waals surface area contributed by atoms with E-state index in [1.54, 1.807) is 0 Å². The topological polar surface area (TPSA) is 130 Å². The van der Waals surface area contributed by atoms with Gasteiger partial charge in [0.2, 0.25) is 12.2 Å². The molecule has 0 aromatic carbocycles. The Morgan fingerprint density at radius 2 is 1.63 bits per heavy atom. The summed E-state index contributed by atoms with van der Waals surface area (Å²) < 4.78 is 29.9. The van der Waals surface area contributed by atoms with Crippen LogP contribution in [0.15, 0.2) is 12.7 Å². The highest BCUT2D eigenvalue weighted by Gasteiger charge is 2.59. The summed E-state index contributed by atoms with van der Waals surface area (Å²) in [4.78, 5) is 34.8. The molecule has 170 valence electrons. The zero-order valence-electron chi connectivity index (χ0n) is 16.6. The lowest BCUT2D eigenvalue weighted by Crippen LogP contribution is -2.68. The third-order valence-electron chi connectivity index (χ3n) is 3.91. The lowest BCUT2D eigenvalue weighted by atomic mass is 9.86. The normalized spacial score (nSPS) is 28.8. The van der Waals surface area contributed by atoms with E-state index in [1.165, 1.54) is 13.2 Å². The molecule has 10 nitrogen and oxygen atoms in total. The zero-order chi connectivity index (χ0) is 23.3. The van der Waals surface area contributed by atoms with Crippen molar-refractivity contribution in [1.29, 1.82) is 5.41 Å². The summed E-state index contributed by atoms with van der Waals surface area (Å²) in [6.07, 6.45) is -4.23. The molecule has 0 aromatic heterocycles. The largest absolute Gasteiger partial charge is 0.462 e. The van der Waals surface area contributed by atoms with Crippen molar-refractivity contribution in [3.05, 3.63) is 12.7 Å². The molecule has 5 atom stereocenters. The molecule has 0 amide bonds. The number of esters is 3. The average Bonchev–Trinajstić information content (AvgIpc) is 2.61. The minimum Gasteiger partial charge on any atom is -0.462 e. The van der Waals surface area contributed by atoms with Crippen LogP contribution in [0, 0.1) is 5.41 Å². The monoisotopic (exact) mass is 489 g/mol. The lowest BCUT2D eigenvalue weighted by molar-refractivity contribution is -0.316. The van der Waals surface area contributed by atoms with Gasteiger partial charge >= 0.3 is 17.9 Å². The number of carbonyl (C=O) groups is 3. The molecule has 0 aromatic rings. The molecular weight excluding hydrogens is 469 g/mol. The molecule has 0 aliphatic carbocycles. The summed E-state index contributed by atoms with van der Waals surface area (Å²) >= 11 is 17.0. The molecule has 13 heteroatoms. The van der Waals surface area contributed by atoms with Gasteiger partial charge < -0.3 is 28.4 Å². The van der Waals surface area contributed by atoms with Gasteiger partial charge in [-0.05, 0) is 0 Å². The van der Waals surface area contributed by atoms with E-state index in [0.29, 0.717) is 0 Å². The van der Waals surface area contributed by atoms with Crippen molar-refractivity contribution in [2.75, 3.05) is 13.7 Å². The van der Waals surface area contributed by atoms with Crippen molar-refractivity contribution in [3.8, 4) is 0 Å². The molecule has 0 radical (unpaired) electrons. The quantitative estimate of drug-likeness (QED) is 0.142. The SMILES string of the molecule is C=CC1(COC(C)=O)OC(OC(=N)C(Cl)(Cl)Cl)C(OC(C)=O)[C@@H](OC)[C@@H]1OC(C)=O. The Balaban J connectivity index is 3.49. The van der Waals surface area contributed by atoms with Crippen LogP contribution < -0.4 is 0 Å². The Morgan fingerprint density at radius 3 is 2.03 bits per heavy atom. The fourth-order valence-corrected chi connectivity index (χ4v) is 2.83. The smallest absolute Gasteiger partial charge is 0.303 e. The number of carbonyl (C=O) groups excluding carboxylic acids is 3. The van der Waals surface area contributed by atoms with E-state index in [1.807, 2.05) is 0 Å². The summed E-state index contributed by atoms with van der Waals surface area (Å²) in [6, 6.07) is 0. The number of ether oxygens (including phenoxy) is 6. The van der Waals surface area contributed by atoms with Crippen LogP contribution in [0.4, 0.5) is 0 Å². The van der Waals surface area contributed by atoms with Gasteiger partial charge in [-0.1, -0.05) is 47.5 Å². The zero-order valence-corrected chi connectivity index (χ0v) is 18.9. The molecule has 1 aliphatic heterocycles. The van der Waals surface area contributed by atoms with E-state index < -0.39 is 64.4 Å². The molecule has 0 spiro atoms. The van der Waals surface area contributed by atoms with Gasteiger partial charge in [0.1, 0.15) is 12.7 Å². The summed E-state index contributed by atoms with van der Waals surface area (Å²) in [5.74, 6) is -2.99. The van der Waals surface area contributed by atoms with Gasteiger partial charge in [-0.25, -0.2) is 0 Å². The predicted molar refractivity (Wildman–Crippen MR) is 105 cm³/mol. The third kappa shape index (κ3) is 6.71. The first kappa shape index (κ1) is 26.4. The fourth-order valence-electron chi connectivity index (χ4n) is 2.70. The van der Waals surface area contributed by atoms with E-state index in [0.717, 1.165) is 20.8 Å². The number of halogens is 3. The third-order valence-corrected chi connectivity index (χ3v) is 4.43. The number of methoxy groups -OCH3 is 1.